The van der Waals surface area contributed by atoms with Gasteiger partial charge in [-0.1, -0.05) is 6.92 Å². The predicted octanol–water partition coefficient (Wildman–Crippen LogP) is 3.30. The first kappa shape index (κ1) is 15.0. The van der Waals surface area contributed by atoms with Crippen LogP contribution in [0.1, 0.15) is 66.2 Å². The third-order valence-electron chi connectivity index (χ3n) is 5.09. The quantitative estimate of drug-likeness (QED) is 0.900. The minimum absolute atomic E-state index is 0.00134. The second-order valence-electron chi connectivity index (χ2n) is 6.85. The van der Waals surface area contributed by atoms with Crippen LogP contribution in [0, 0.1) is 5.92 Å². The van der Waals surface area contributed by atoms with Crippen LogP contribution in [0.4, 0.5) is 0 Å². The summed E-state index contributed by atoms with van der Waals surface area (Å²) in [7, 11) is 0. The summed E-state index contributed by atoms with van der Waals surface area (Å²) in [5, 5.41) is 15.5. The highest BCUT2D eigenvalue weighted by Crippen LogP contribution is 2.32. The molecule has 4 heteroatoms. The number of thiophene rings is 1. The van der Waals surface area contributed by atoms with Crippen molar-refractivity contribution in [1.29, 1.82) is 0 Å². The molecule has 1 aromatic rings. The molecule has 1 amide bonds. The maximum Gasteiger partial charge on any atom is 0.252 e. The van der Waals surface area contributed by atoms with Gasteiger partial charge in [-0.2, -0.15) is 0 Å². The van der Waals surface area contributed by atoms with Crippen molar-refractivity contribution < 1.29 is 9.90 Å². The molecule has 116 valence electrons. The van der Waals surface area contributed by atoms with Gasteiger partial charge in [0.25, 0.3) is 5.91 Å². The highest BCUT2D eigenvalue weighted by molar-refractivity contribution is 7.10. The van der Waals surface area contributed by atoms with Gasteiger partial charge in [0.1, 0.15) is 0 Å². The smallest absolute Gasteiger partial charge is 0.252 e. The number of carbonyl (C=O) groups is 1. The van der Waals surface area contributed by atoms with Crippen molar-refractivity contribution in [2.24, 2.45) is 5.92 Å². The number of aliphatic hydroxyl groups is 1. The van der Waals surface area contributed by atoms with E-state index in [2.05, 4.69) is 12.2 Å². The van der Waals surface area contributed by atoms with Crippen LogP contribution in [0.5, 0.6) is 0 Å². The van der Waals surface area contributed by atoms with Gasteiger partial charge < -0.3 is 10.4 Å². The molecule has 0 spiro atoms. The maximum atomic E-state index is 12.4. The van der Waals surface area contributed by atoms with Gasteiger partial charge in [0, 0.05) is 16.8 Å². The summed E-state index contributed by atoms with van der Waals surface area (Å²) in [6.45, 7) is 2.62. The number of nitrogens with one attached hydrogen (secondary N) is 1. The highest BCUT2D eigenvalue weighted by Gasteiger charge is 2.32. The topological polar surface area (TPSA) is 49.3 Å². The summed E-state index contributed by atoms with van der Waals surface area (Å²) in [5.74, 6) is 0.700. The first-order valence-electron chi connectivity index (χ1n) is 8.17. The molecule has 1 heterocycles. The van der Waals surface area contributed by atoms with Gasteiger partial charge in [-0.15, -0.1) is 11.3 Å². The number of rotatable bonds is 3. The van der Waals surface area contributed by atoms with Crippen molar-refractivity contribution in [3.8, 4) is 0 Å². The molecule has 0 aliphatic heterocycles. The van der Waals surface area contributed by atoms with Gasteiger partial charge in [0.15, 0.2) is 0 Å². The summed E-state index contributed by atoms with van der Waals surface area (Å²) in [5.41, 5.74) is 1.41. The molecule has 2 N–H and O–H groups in total. The fraction of sp³-hybridized carbons (Fsp3) is 0.706. The number of hydrogen-bond donors (Lipinski definition) is 2. The fourth-order valence-corrected chi connectivity index (χ4v) is 4.63. The van der Waals surface area contributed by atoms with Crippen LogP contribution in [0.3, 0.4) is 0 Å². The van der Waals surface area contributed by atoms with Crippen LogP contribution in [-0.2, 0) is 12.8 Å². The van der Waals surface area contributed by atoms with Crippen LogP contribution in [0.15, 0.2) is 5.38 Å². The van der Waals surface area contributed by atoms with Crippen LogP contribution in [0.2, 0.25) is 0 Å². The fourth-order valence-electron chi connectivity index (χ4n) is 3.50. The Morgan fingerprint density at radius 3 is 2.86 bits per heavy atom. The van der Waals surface area contributed by atoms with E-state index in [0.29, 0.717) is 12.5 Å². The van der Waals surface area contributed by atoms with Gasteiger partial charge in [0.2, 0.25) is 0 Å². The zero-order chi connectivity index (χ0) is 14.9. The molecule has 0 radical (unpaired) electrons. The van der Waals surface area contributed by atoms with E-state index in [1.165, 1.54) is 23.3 Å². The van der Waals surface area contributed by atoms with E-state index in [0.717, 1.165) is 44.1 Å². The van der Waals surface area contributed by atoms with Crippen molar-refractivity contribution >= 4 is 17.2 Å². The summed E-state index contributed by atoms with van der Waals surface area (Å²) in [4.78, 5) is 13.8. The lowest BCUT2D eigenvalue weighted by atomic mass is 9.79. The number of carbonyl (C=O) groups excluding carboxylic acids is 1. The number of amides is 1. The molecule has 1 saturated carbocycles. The lowest BCUT2D eigenvalue weighted by Gasteiger charge is -2.35. The Bertz CT molecular complexity index is 515. The molecular weight excluding hydrogens is 282 g/mol. The Morgan fingerprint density at radius 1 is 1.38 bits per heavy atom. The zero-order valence-electron chi connectivity index (χ0n) is 12.8. The van der Waals surface area contributed by atoms with Crippen LogP contribution in [0.25, 0.3) is 0 Å². The maximum absolute atomic E-state index is 12.4. The third kappa shape index (κ3) is 3.32. The average Bonchev–Trinajstić information content (AvgIpc) is 2.92. The van der Waals surface area contributed by atoms with Crippen molar-refractivity contribution in [2.45, 2.75) is 63.9 Å². The molecule has 2 aliphatic carbocycles. The monoisotopic (exact) mass is 307 g/mol. The van der Waals surface area contributed by atoms with Crippen molar-refractivity contribution in [1.82, 2.24) is 5.32 Å². The van der Waals surface area contributed by atoms with Gasteiger partial charge in [0.05, 0.1) is 11.2 Å². The predicted molar refractivity (Wildman–Crippen MR) is 85.9 cm³/mol. The van der Waals surface area contributed by atoms with Gasteiger partial charge in [-0.25, -0.2) is 0 Å². The van der Waals surface area contributed by atoms with Crippen molar-refractivity contribution in [3.05, 3.63) is 21.4 Å². The highest BCUT2D eigenvalue weighted by atomic mass is 32.1. The molecule has 3 rings (SSSR count). The van der Waals surface area contributed by atoms with E-state index < -0.39 is 5.60 Å². The largest absolute Gasteiger partial charge is 0.388 e. The molecule has 0 atom stereocenters. The van der Waals surface area contributed by atoms with E-state index in [1.807, 2.05) is 5.38 Å². The van der Waals surface area contributed by atoms with Crippen LogP contribution in [-0.4, -0.2) is 23.2 Å². The Balaban J connectivity index is 1.60. The summed E-state index contributed by atoms with van der Waals surface area (Å²) in [6, 6.07) is 0. The molecule has 0 aromatic carbocycles. The van der Waals surface area contributed by atoms with E-state index >= 15 is 0 Å². The van der Waals surface area contributed by atoms with E-state index in [-0.39, 0.29) is 5.91 Å². The Kier molecular flexibility index (Phi) is 4.36. The first-order chi connectivity index (χ1) is 10.1. The lowest BCUT2D eigenvalue weighted by Crippen LogP contribution is -2.45. The molecule has 0 bridgehead atoms. The molecule has 1 fully saturated rings. The normalized spacial score (nSPS) is 29.0. The molecular formula is C17H25NO2S. The molecule has 21 heavy (non-hydrogen) atoms. The van der Waals surface area contributed by atoms with Gasteiger partial charge >= 0.3 is 0 Å². The third-order valence-corrected chi connectivity index (χ3v) is 6.18. The number of fused-ring (bicyclic) bond motifs is 1. The minimum atomic E-state index is -0.696. The molecule has 2 aliphatic rings. The SMILES string of the molecule is CC1CCC(O)(CNC(=O)c2csc3c2CCCC3)CC1. The first-order valence-corrected chi connectivity index (χ1v) is 9.05. The molecule has 0 saturated heterocycles. The Hall–Kier alpha value is -0.870. The lowest BCUT2D eigenvalue weighted by molar-refractivity contribution is -0.00540. The Labute approximate surface area is 130 Å². The average molecular weight is 307 g/mol. The summed E-state index contributed by atoms with van der Waals surface area (Å²) in [6.07, 6.45) is 8.30. The van der Waals surface area contributed by atoms with E-state index in [1.54, 1.807) is 11.3 Å². The number of hydrogen-bond acceptors (Lipinski definition) is 3. The number of aryl methyl sites for hydroxylation is 1. The van der Waals surface area contributed by atoms with E-state index in [4.69, 9.17) is 0 Å². The molecule has 0 unspecified atom stereocenters. The second-order valence-corrected chi connectivity index (χ2v) is 7.81. The summed E-state index contributed by atoms with van der Waals surface area (Å²) < 4.78 is 0. The standard InChI is InChI=1S/C17H25NO2S/c1-12-6-8-17(20,9-7-12)11-18-16(19)14-10-21-15-5-3-2-4-13(14)15/h10,12,20H,2-9,11H2,1H3,(H,18,19). The molecule has 1 aromatic heterocycles. The zero-order valence-corrected chi connectivity index (χ0v) is 13.6. The molecule has 3 nitrogen and oxygen atoms in total. The minimum Gasteiger partial charge on any atom is -0.388 e. The van der Waals surface area contributed by atoms with Gasteiger partial charge in [-0.3, -0.25) is 4.79 Å². The van der Waals surface area contributed by atoms with Crippen molar-refractivity contribution in [2.75, 3.05) is 6.54 Å². The van der Waals surface area contributed by atoms with Crippen molar-refractivity contribution in [3.63, 3.8) is 0 Å². The Morgan fingerprint density at radius 2 is 2.10 bits per heavy atom. The van der Waals surface area contributed by atoms with Crippen LogP contribution < -0.4 is 5.32 Å². The van der Waals surface area contributed by atoms with Crippen LogP contribution >= 0.6 is 11.3 Å². The van der Waals surface area contributed by atoms with Gasteiger partial charge in [-0.05, 0) is 62.8 Å². The second kappa shape index (κ2) is 6.09. The summed E-state index contributed by atoms with van der Waals surface area (Å²) >= 11 is 1.72. The van der Waals surface area contributed by atoms with E-state index in [9.17, 15) is 9.90 Å².